The number of carbonyl (C=O) groups is 1. The summed E-state index contributed by atoms with van der Waals surface area (Å²) in [6.45, 7) is 14.2. The molecule has 48 heavy (non-hydrogen) atoms. The van der Waals surface area contributed by atoms with E-state index in [1.165, 1.54) is 25.0 Å². The number of benzene rings is 2. The number of alkyl halides is 3. The third-order valence-corrected chi connectivity index (χ3v) is 10.2. The van der Waals surface area contributed by atoms with Crippen molar-refractivity contribution in [1.29, 1.82) is 0 Å². The number of carbonyl (C=O) groups excluding carboxylic acids is 1. The van der Waals surface area contributed by atoms with Crippen LogP contribution in [0.4, 0.5) is 23.7 Å². The van der Waals surface area contributed by atoms with Crippen molar-refractivity contribution >= 4 is 11.8 Å². The largest absolute Gasteiger partial charge is 0.497 e. The lowest BCUT2D eigenvalue weighted by Gasteiger charge is -2.47. The van der Waals surface area contributed by atoms with Crippen LogP contribution in [-0.4, -0.2) is 61.7 Å². The maximum Gasteiger partial charge on any atom is 0.412 e. The summed E-state index contributed by atoms with van der Waals surface area (Å²) in [6.07, 6.45) is 1.54. The van der Waals surface area contributed by atoms with E-state index in [1.54, 1.807) is 7.11 Å². The van der Waals surface area contributed by atoms with E-state index in [4.69, 9.17) is 14.2 Å². The molecule has 2 aromatic carbocycles. The first kappa shape index (κ1) is 38.0. The van der Waals surface area contributed by atoms with Crippen molar-refractivity contribution in [1.82, 2.24) is 4.90 Å². The molecule has 268 valence electrons. The number of nitrogens with one attached hydrogen (secondary N) is 1. The van der Waals surface area contributed by atoms with Gasteiger partial charge in [0.05, 0.1) is 18.1 Å². The summed E-state index contributed by atoms with van der Waals surface area (Å²) in [5.41, 5.74) is 0.198. The molecule has 0 bridgehead atoms. The Morgan fingerprint density at radius 2 is 1.58 bits per heavy atom. The molecule has 1 atom stereocenters. The van der Waals surface area contributed by atoms with E-state index in [-0.39, 0.29) is 17.6 Å². The van der Waals surface area contributed by atoms with Crippen molar-refractivity contribution in [2.24, 2.45) is 11.3 Å². The van der Waals surface area contributed by atoms with E-state index >= 15 is 0 Å². The summed E-state index contributed by atoms with van der Waals surface area (Å²) < 4.78 is 59.5. The van der Waals surface area contributed by atoms with E-state index < -0.39 is 23.3 Å². The minimum Gasteiger partial charge on any atom is -0.497 e. The fourth-order valence-electron chi connectivity index (χ4n) is 7.58. The Bertz CT molecular complexity index is 1330. The Balaban J connectivity index is 1.44. The molecule has 4 rings (SSSR count). The van der Waals surface area contributed by atoms with Crippen molar-refractivity contribution in [2.75, 3.05) is 38.7 Å². The summed E-state index contributed by atoms with van der Waals surface area (Å²) >= 11 is 0. The lowest BCUT2D eigenvalue weighted by Crippen LogP contribution is -2.49. The number of rotatable bonds is 11. The van der Waals surface area contributed by atoms with Crippen LogP contribution in [0, 0.1) is 11.3 Å². The Morgan fingerprint density at radius 3 is 2.12 bits per heavy atom. The highest BCUT2D eigenvalue weighted by Crippen LogP contribution is 2.46. The number of amides is 1. The Morgan fingerprint density at radius 1 is 0.958 bits per heavy atom. The average Bonchev–Trinajstić information content (AvgIpc) is 2.98. The van der Waals surface area contributed by atoms with Crippen molar-refractivity contribution in [3.8, 4) is 5.75 Å². The van der Waals surface area contributed by atoms with Crippen molar-refractivity contribution in [2.45, 2.75) is 122 Å². The van der Waals surface area contributed by atoms with E-state index in [0.29, 0.717) is 37.2 Å². The Hall–Kier alpha value is -2.78. The lowest BCUT2D eigenvalue weighted by atomic mass is 9.67. The first-order valence-corrected chi connectivity index (χ1v) is 17.5. The van der Waals surface area contributed by atoms with Crippen molar-refractivity contribution < 1.29 is 32.2 Å². The molecule has 0 radical (unpaired) electrons. The molecule has 0 unspecified atom stereocenters. The maximum atomic E-state index is 14.2. The molecule has 1 aliphatic carbocycles. The average molecular weight is 675 g/mol. The summed E-state index contributed by atoms with van der Waals surface area (Å²) in [7, 11) is 1.65. The van der Waals surface area contributed by atoms with Crippen LogP contribution in [0.15, 0.2) is 48.5 Å². The first-order valence-electron chi connectivity index (χ1n) is 17.5. The van der Waals surface area contributed by atoms with Crippen LogP contribution < -0.4 is 10.1 Å². The van der Waals surface area contributed by atoms with E-state index in [1.807, 2.05) is 45.0 Å². The lowest BCUT2D eigenvalue weighted by molar-refractivity contribution is -0.217. The highest BCUT2D eigenvalue weighted by molar-refractivity contribution is 5.84. The molecule has 2 aliphatic rings. The topological polar surface area (TPSA) is 60.0 Å². The van der Waals surface area contributed by atoms with Gasteiger partial charge in [0, 0.05) is 30.8 Å². The van der Waals surface area contributed by atoms with Gasteiger partial charge in [-0.1, -0.05) is 24.3 Å². The predicted molar refractivity (Wildman–Crippen MR) is 186 cm³/mol. The van der Waals surface area contributed by atoms with Gasteiger partial charge in [0.1, 0.15) is 11.4 Å². The molecule has 1 heterocycles. The number of anilines is 1. The SMILES string of the molecule is COc1ccc([C@]2(CCN(CC(C)(C)C(F)(F)F)C[C@H]3CC[C@H](c4ccc(NC(=O)OC(C)(C)C)cc4)CC3)CCOC(C)(C)C2)cc1. The highest BCUT2D eigenvalue weighted by atomic mass is 19.4. The zero-order valence-electron chi connectivity index (χ0n) is 30.3. The maximum absolute atomic E-state index is 14.2. The van der Waals surface area contributed by atoms with Gasteiger partial charge in [0.2, 0.25) is 0 Å². The molecule has 1 amide bonds. The molecule has 1 saturated carbocycles. The standard InChI is InChI=1S/C39H57F3N2O4/c1-35(2,3)48-34(45)43-32-17-13-30(14-18-32)29-11-9-28(10-12-29)25-44(27-36(4,5)39(40,41)42)23-21-38(22-24-47-37(6,7)26-38)31-15-19-33(46-8)20-16-31/h13-20,28-29H,9-12,21-27H2,1-8H3,(H,43,45)/t28-,29-,38-/m1/s1. The summed E-state index contributed by atoms with van der Waals surface area (Å²) in [6, 6.07) is 16.1. The number of hydrogen-bond acceptors (Lipinski definition) is 5. The smallest absolute Gasteiger partial charge is 0.412 e. The zero-order valence-corrected chi connectivity index (χ0v) is 30.3. The van der Waals surface area contributed by atoms with Gasteiger partial charge < -0.3 is 19.1 Å². The third kappa shape index (κ3) is 10.4. The number of halogens is 3. The van der Waals surface area contributed by atoms with Crippen LogP contribution in [0.2, 0.25) is 0 Å². The quantitative estimate of drug-likeness (QED) is 0.257. The minimum atomic E-state index is -4.29. The van der Waals surface area contributed by atoms with Gasteiger partial charge in [-0.15, -0.1) is 0 Å². The molecule has 1 saturated heterocycles. The van der Waals surface area contributed by atoms with Crippen LogP contribution in [0.5, 0.6) is 5.75 Å². The molecule has 9 heteroatoms. The monoisotopic (exact) mass is 674 g/mol. The van der Waals surface area contributed by atoms with Gasteiger partial charge in [-0.3, -0.25) is 5.32 Å². The molecular weight excluding hydrogens is 617 g/mol. The fraction of sp³-hybridized carbons (Fsp3) is 0.667. The van der Waals surface area contributed by atoms with Crippen molar-refractivity contribution in [3.05, 3.63) is 59.7 Å². The Kier molecular flexibility index (Phi) is 11.9. The second-order valence-electron chi connectivity index (χ2n) is 16.4. The second-order valence-corrected chi connectivity index (χ2v) is 16.4. The molecule has 1 N–H and O–H groups in total. The number of methoxy groups -OCH3 is 1. The third-order valence-electron chi connectivity index (χ3n) is 10.2. The van der Waals surface area contributed by atoms with E-state index in [2.05, 4.69) is 48.3 Å². The minimum absolute atomic E-state index is 0.0267. The first-order chi connectivity index (χ1) is 22.3. The van der Waals surface area contributed by atoms with Crippen LogP contribution in [0.3, 0.4) is 0 Å². The molecular formula is C39H57F3N2O4. The second kappa shape index (κ2) is 15.0. The molecule has 1 aliphatic heterocycles. The van der Waals surface area contributed by atoms with Crippen molar-refractivity contribution in [3.63, 3.8) is 0 Å². The zero-order chi connectivity index (χ0) is 35.4. The normalized spacial score (nSPS) is 23.5. The summed E-state index contributed by atoms with van der Waals surface area (Å²) in [5, 5.41) is 2.79. The molecule has 2 fully saturated rings. The van der Waals surface area contributed by atoms with E-state index in [9.17, 15) is 18.0 Å². The summed E-state index contributed by atoms with van der Waals surface area (Å²) in [4.78, 5) is 14.2. The Labute approximate surface area is 286 Å². The predicted octanol–water partition coefficient (Wildman–Crippen LogP) is 10.1. The molecule has 2 aromatic rings. The summed E-state index contributed by atoms with van der Waals surface area (Å²) in [5.74, 6) is 1.51. The number of hydrogen-bond donors (Lipinski definition) is 1. The number of nitrogens with zero attached hydrogens (tertiary/aromatic N) is 1. The van der Waals surface area contributed by atoms with Gasteiger partial charge in [0.25, 0.3) is 0 Å². The van der Waals surface area contributed by atoms with Crippen LogP contribution >= 0.6 is 0 Å². The highest BCUT2D eigenvalue weighted by Gasteiger charge is 2.49. The van der Waals surface area contributed by atoms with Crippen LogP contribution in [0.1, 0.15) is 110 Å². The van der Waals surface area contributed by atoms with E-state index in [0.717, 1.165) is 50.7 Å². The fourth-order valence-corrected chi connectivity index (χ4v) is 7.58. The van der Waals surface area contributed by atoms with Gasteiger partial charge in [-0.25, -0.2) is 4.79 Å². The van der Waals surface area contributed by atoms with Crippen LogP contribution in [0.25, 0.3) is 0 Å². The molecule has 6 nitrogen and oxygen atoms in total. The molecule has 0 spiro atoms. The van der Waals surface area contributed by atoms with Gasteiger partial charge in [0.15, 0.2) is 0 Å². The van der Waals surface area contributed by atoms with Gasteiger partial charge in [-0.2, -0.15) is 13.2 Å². The van der Waals surface area contributed by atoms with Crippen LogP contribution in [-0.2, 0) is 14.9 Å². The molecule has 0 aromatic heterocycles. The number of ether oxygens (including phenoxy) is 3. The van der Waals surface area contributed by atoms with Gasteiger partial charge >= 0.3 is 12.3 Å². The van der Waals surface area contributed by atoms with Gasteiger partial charge in [-0.05, 0) is 147 Å².